The highest BCUT2D eigenvalue weighted by molar-refractivity contribution is 14.1. The zero-order valence-electron chi connectivity index (χ0n) is 11.8. The normalized spacial score (nSPS) is 11.8. The molecule has 0 aliphatic heterocycles. The Kier molecular flexibility index (Phi) is 4.32. The zero-order chi connectivity index (χ0) is 14.9. The third kappa shape index (κ3) is 3.48. The number of aryl methyl sites for hydroxylation is 1. The van der Waals surface area contributed by atoms with E-state index in [-0.39, 0.29) is 16.8 Å². The Morgan fingerprint density at radius 2 is 1.95 bits per heavy atom. The number of Topliss-reactive ketones (excluding diaryl/α,β-unsaturated/α-hetero) is 1. The summed E-state index contributed by atoms with van der Waals surface area (Å²) in [6.45, 7) is 5.69. The van der Waals surface area contributed by atoms with Crippen molar-refractivity contribution in [3.8, 4) is 0 Å². The minimum Gasteiger partial charge on any atom is -0.427 e. The summed E-state index contributed by atoms with van der Waals surface area (Å²) in [5.74, 6) is 0.740. The van der Waals surface area contributed by atoms with Gasteiger partial charge in [0.25, 0.3) is 0 Å². The number of benzene rings is 1. The molecule has 20 heavy (non-hydrogen) atoms. The fraction of sp³-hybridized carbons (Fsp3) is 0.375. The van der Waals surface area contributed by atoms with E-state index in [0.29, 0.717) is 24.0 Å². The summed E-state index contributed by atoms with van der Waals surface area (Å²) in [6, 6.07) is 7.52. The number of carbonyl (C=O) groups excluding carboxylic acids is 1. The lowest BCUT2D eigenvalue weighted by molar-refractivity contribution is -0.126. The summed E-state index contributed by atoms with van der Waals surface area (Å²) < 4.78 is 6.30. The fourth-order valence-electron chi connectivity index (χ4n) is 1.94. The van der Waals surface area contributed by atoms with Crippen LogP contribution in [0.25, 0.3) is 10.8 Å². The molecule has 0 unspecified atom stereocenters. The van der Waals surface area contributed by atoms with Crippen molar-refractivity contribution in [2.24, 2.45) is 5.41 Å². The molecule has 1 aromatic carbocycles. The standard InChI is InChI=1S/C16H17IO3/c1-16(2,3)14(18)7-6-12-8-10-4-5-11(17)9-13(10)15(19)20-12/h4-5,8-9H,6-7H2,1-3H3. The molecule has 2 rings (SSSR count). The molecule has 0 atom stereocenters. The van der Waals surface area contributed by atoms with Crippen LogP contribution >= 0.6 is 22.6 Å². The smallest absolute Gasteiger partial charge is 0.343 e. The molecule has 0 spiro atoms. The molecule has 1 heterocycles. The predicted octanol–water partition coefficient (Wildman–Crippen LogP) is 3.95. The molecule has 3 nitrogen and oxygen atoms in total. The first-order valence-corrected chi connectivity index (χ1v) is 7.61. The van der Waals surface area contributed by atoms with Crippen molar-refractivity contribution < 1.29 is 9.21 Å². The lowest BCUT2D eigenvalue weighted by atomic mass is 9.88. The molecular formula is C16H17IO3. The zero-order valence-corrected chi connectivity index (χ0v) is 14.0. The molecule has 1 aromatic heterocycles. The molecular weight excluding hydrogens is 367 g/mol. The Morgan fingerprint density at radius 1 is 1.25 bits per heavy atom. The monoisotopic (exact) mass is 384 g/mol. The molecule has 0 aliphatic rings. The van der Waals surface area contributed by atoms with E-state index in [1.165, 1.54) is 0 Å². The van der Waals surface area contributed by atoms with Crippen LogP contribution in [0.15, 0.2) is 33.5 Å². The van der Waals surface area contributed by atoms with E-state index in [4.69, 9.17) is 4.42 Å². The average molecular weight is 384 g/mol. The maximum Gasteiger partial charge on any atom is 0.343 e. The predicted molar refractivity (Wildman–Crippen MR) is 88.0 cm³/mol. The summed E-state index contributed by atoms with van der Waals surface area (Å²) in [5, 5.41) is 1.45. The van der Waals surface area contributed by atoms with Gasteiger partial charge in [0.2, 0.25) is 0 Å². The van der Waals surface area contributed by atoms with Gasteiger partial charge in [-0.2, -0.15) is 0 Å². The minimum absolute atomic E-state index is 0.169. The van der Waals surface area contributed by atoms with Crippen molar-refractivity contribution in [2.75, 3.05) is 0 Å². The van der Waals surface area contributed by atoms with Crippen molar-refractivity contribution in [3.63, 3.8) is 0 Å². The summed E-state index contributed by atoms with van der Waals surface area (Å²) >= 11 is 2.16. The van der Waals surface area contributed by atoms with E-state index >= 15 is 0 Å². The van der Waals surface area contributed by atoms with Gasteiger partial charge in [-0.15, -0.1) is 0 Å². The third-order valence-corrected chi connectivity index (χ3v) is 3.88. The molecule has 0 radical (unpaired) electrons. The number of ketones is 1. The molecule has 0 saturated heterocycles. The Balaban J connectivity index is 2.27. The molecule has 0 aliphatic carbocycles. The van der Waals surface area contributed by atoms with Gasteiger partial charge in [0.05, 0.1) is 5.39 Å². The van der Waals surface area contributed by atoms with E-state index in [2.05, 4.69) is 22.6 Å². The molecule has 0 saturated carbocycles. The number of fused-ring (bicyclic) bond motifs is 1. The molecule has 106 valence electrons. The van der Waals surface area contributed by atoms with Crippen molar-refractivity contribution in [1.82, 2.24) is 0 Å². The van der Waals surface area contributed by atoms with E-state index in [0.717, 1.165) is 8.96 Å². The number of hydrogen-bond donors (Lipinski definition) is 0. The number of hydrogen-bond acceptors (Lipinski definition) is 3. The van der Waals surface area contributed by atoms with Crippen molar-refractivity contribution in [3.05, 3.63) is 44.0 Å². The lowest BCUT2D eigenvalue weighted by Crippen LogP contribution is -2.20. The van der Waals surface area contributed by atoms with Gasteiger partial charge in [0.15, 0.2) is 0 Å². The topological polar surface area (TPSA) is 47.3 Å². The number of rotatable bonds is 3. The molecule has 2 aromatic rings. The first kappa shape index (κ1) is 15.2. The Labute approximate surface area is 131 Å². The second-order valence-electron chi connectivity index (χ2n) is 5.90. The highest BCUT2D eigenvalue weighted by atomic mass is 127. The van der Waals surface area contributed by atoms with Gasteiger partial charge in [-0.25, -0.2) is 4.79 Å². The van der Waals surface area contributed by atoms with E-state index in [9.17, 15) is 9.59 Å². The van der Waals surface area contributed by atoms with Crippen molar-refractivity contribution >= 4 is 39.1 Å². The SMILES string of the molecule is CC(C)(C)C(=O)CCc1cc2ccc(I)cc2c(=O)o1. The maximum atomic E-state index is 11.9. The minimum atomic E-state index is -0.354. The van der Waals surface area contributed by atoms with Crippen LogP contribution in [0.4, 0.5) is 0 Å². The summed E-state index contributed by atoms with van der Waals surface area (Å²) in [6.07, 6.45) is 0.857. The van der Waals surface area contributed by atoms with Crippen LogP contribution in [0.1, 0.15) is 33.0 Å². The molecule has 0 fully saturated rings. The third-order valence-electron chi connectivity index (χ3n) is 3.21. The maximum absolute atomic E-state index is 11.9. The van der Waals surface area contributed by atoms with Gasteiger partial charge in [-0.05, 0) is 46.2 Å². The molecule has 0 bridgehead atoms. The second kappa shape index (κ2) is 5.68. The molecule has 0 N–H and O–H groups in total. The van der Waals surface area contributed by atoms with Crippen LogP contribution in [0.3, 0.4) is 0 Å². The van der Waals surface area contributed by atoms with E-state index in [1.807, 2.05) is 45.0 Å². The molecule has 0 amide bonds. The number of halogens is 1. The largest absolute Gasteiger partial charge is 0.427 e. The first-order valence-electron chi connectivity index (χ1n) is 6.53. The van der Waals surface area contributed by atoms with Crippen LogP contribution < -0.4 is 5.63 Å². The summed E-state index contributed by atoms with van der Waals surface area (Å²) in [5.41, 5.74) is -0.688. The summed E-state index contributed by atoms with van der Waals surface area (Å²) in [4.78, 5) is 23.8. The molecule has 4 heteroatoms. The Bertz CT molecular complexity index is 708. The fourth-order valence-corrected chi connectivity index (χ4v) is 2.43. The van der Waals surface area contributed by atoms with Crippen LogP contribution in [-0.4, -0.2) is 5.78 Å². The first-order chi connectivity index (χ1) is 9.27. The van der Waals surface area contributed by atoms with Gasteiger partial charge < -0.3 is 4.42 Å². The number of carbonyl (C=O) groups is 1. The van der Waals surface area contributed by atoms with Crippen molar-refractivity contribution in [2.45, 2.75) is 33.6 Å². The quantitative estimate of drug-likeness (QED) is 0.754. The van der Waals surface area contributed by atoms with Gasteiger partial charge in [0.1, 0.15) is 11.5 Å². The van der Waals surface area contributed by atoms with E-state index < -0.39 is 0 Å². The van der Waals surface area contributed by atoms with E-state index in [1.54, 1.807) is 0 Å². The Morgan fingerprint density at radius 3 is 2.60 bits per heavy atom. The van der Waals surface area contributed by atoms with Gasteiger partial charge in [0, 0.05) is 21.8 Å². The van der Waals surface area contributed by atoms with Gasteiger partial charge in [-0.1, -0.05) is 26.8 Å². The van der Waals surface area contributed by atoms with Crippen LogP contribution in [0, 0.1) is 8.99 Å². The average Bonchev–Trinajstić information content (AvgIpc) is 2.35. The highest BCUT2D eigenvalue weighted by Gasteiger charge is 2.21. The van der Waals surface area contributed by atoms with Crippen molar-refractivity contribution in [1.29, 1.82) is 0 Å². The van der Waals surface area contributed by atoms with Crippen LogP contribution in [0.2, 0.25) is 0 Å². The van der Waals surface area contributed by atoms with Gasteiger partial charge in [-0.3, -0.25) is 4.79 Å². The van der Waals surface area contributed by atoms with Crippen LogP contribution in [0.5, 0.6) is 0 Å². The highest BCUT2D eigenvalue weighted by Crippen LogP contribution is 2.20. The van der Waals surface area contributed by atoms with Crippen LogP contribution in [-0.2, 0) is 11.2 Å². The lowest BCUT2D eigenvalue weighted by Gasteiger charge is -2.15. The Hall–Kier alpha value is -1.17. The van der Waals surface area contributed by atoms with Gasteiger partial charge >= 0.3 is 5.63 Å². The summed E-state index contributed by atoms with van der Waals surface area (Å²) in [7, 11) is 0. The second-order valence-corrected chi connectivity index (χ2v) is 7.15.